The fraction of sp³-hybridized carbons (Fsp3) is 0.571. The van der Waals surface area contributed by atoms with Gasteiger partial charge in [-0.15, -0.1) is 0 Å². The van der Waals surface area contributed by atoms with Crippen LogP contribution in [0.25, 0.3) is 0 Å². The number of nitrogens with one attached hydrogen (secondary N) is 1. The van der Waals surface area contributed by atoms with Gasteiger partial charge in [-0.3, -0.25) is 4.79 Å². The molecule has 1 fully saturated rings. The number of anilines is 2. The second-order valence-corrected chi connectivity index (χ2v) is 5.07. The third kappa shape index (κ3) is 4.02. The number of rotatable bonds is 5. The Bertz CT molecular complexity index is 383. The Kier molecular flexibility index (Phi) is 4.56. The van der Waals surface area contributed by atoms with E-state index < -0.39 is 0 Å². The van der Waals surface area contributed by atoms with Crippen LogP contribution in [0, 0.1) is 5.92 Å². The van der Waals surface area contributed by atoms with Crippen LogP contribution >= 0.6 is 0 Å². The van der Waals surface area contributed by atoms with E-state index >= 15 is 0 Å². The predicted molar refractivity (Wildman–Crippen MR) is 73.1 cm³/mol. The fourth-order valence-electron chi connectivity index (χ4n) is 2.53. The lowest BCUT2D eigenvalue weighted by atomic mass is 10.0. The van der Waals surface area contributed by atoms with Gasteiger partial charge in [-0.2, -0.15) is 0 Å². The number of nitrogen functional groups attached to an aromatic ring is 1. The molecule has 1 saturated carbocycles. The lowest BCUT2D eigenvalue weighted by Crippen LogP contribution is -2.12. The molecule has 0 bridgehead atoms. The molecule has 0 aliphatic heterocycles. The van der Waals surface area contributed by atoms with E-state index in [2.05, 4.69) is 10.3 Å². The summed E-state index contributed by atoms with van der Waals surface area (Å²) in [5.74, 6) is 1.48. The van der Waals surface area contributed by atoms with Gasteiger partial charge in [0, 0.05) is 6.42 Å². The van der Waals surface area contributed by atoms with Crippen LogP contribution in [0.4, 0.5) is 11.5 Å². The van der Waals surface area contributed by atoms with E-state index in [9.17, 15) is 4.79 Å². The van der Waals surface area contributed by atoms with E-state index in [1.165, 1.54) is 32.1 Å². The second kappa shape index (κ2) is 6.38. The summed E-state index contributed by atoms with van der Waals surface area (Å²) >= 11 is 0. The van der Waals surface area contributed by atoms with Crippen LogP contribution in [0.1, 0.15) is 44.9 Å². The zero-order valence-corrected chi connectivity index (χ0v) is 10.7. The summed E-state index contributed by atoms with van der Waals surface area (Å²) in [6, 6.07) is 3.46. The molecule has 0 saturated heterocycles. The number of amides is 1. The van der Waals surface area contributed by atoms with E-state index in [-0.39, 0.29) is 5.91 Å². The van der Waals surface area contributed by atoms with Crippen LogP contribution in [0.5, 0.6) is 0 Å². The molecule has 2 rings (SSSR count). The van der Waals surface area contributed by atoms with Gasteiger partial charge in [0.05, 0.1) is 11.9 Å². The van der Waals surface area contributed by atoms with Crippen LogP contribution in [-0.2, 0) is 4.79 Å². The van der Waals surface area contributed by atoms with Crippen molar-refractivity contribution in [1.29, 1.82) is 0 Å². The van der Waals surface area contributed by atoms with Crippen molar-refractivity contribution in [1.82, 2.24) is 4.98 Å². The minimum Gasteiger partial charge on any atom is -0.397 e. The molecule has 0 atom stereocenters. The maximum absolute atomic E-state index is 11.7. The number of carbonyl (C=O) groups is 1. The Morgan fingerprint density at radius 2 is 2.17 bits per heavy atom. The van der Waals surface area contributed by atoms with Crippen LogP contribution in [0.3, 0.4) is 0 Å². The molecule has 0 radical (unpaired) electrons. The summed E-state index contributed by atoms with van der Waals surface area (Å²) in [6.45, 7) is 0. The average Bonchev–Trinajstić information content (AvgIpc) is 2.85. The summed E-state index contributed by atoms with van der Waals surface area (Å²) in [6.07, 6.45) is 9.73. The van der Waals surface area contributed by atoms with Gasteiger partial charge in [0.15, 0.2) is 0 Å². The molecule has 1 aliphatic carbocycles. The van der Waals surface area contributed by atoms with Crippen molar-refractivity contribution in [2.24, 2.45) is 5.92 Å². The molecule has 4 heteroatoms. The van der Waals surface area contributed by atoms with Crippen molar-refractivity contribution in [3.8, 4) is 0 Å². The standard InChI is InChI=1S/C14H21N3O/c15-12-8-9-13(16-10-12)17-14(18)7-3-6-11-4-1-2-5-11/h8-11H,1-7,15H2,(H,16,17,18). The fourth-order valence-corrected chi connectivity index (χ4v) is 2.53. The summed E-state index contributed by atoms with van der Waals surface area (Å²) in [5.41, 5.74) is 6.14. The topological polar surface area (TPSA) is 68.0 Å². The first-order chi connectivity index (χ1) is 8.74. The third-order valence-corrected chi connectivity index (χ3v) is 3.54. The van der Waals surface area contributed by atoms with Gasteiger partial charge >= 0.3 is 0 Å². The number of nitrogens with zero attached hydrogens (tertiary/aromatic N) is 1. The van der Waals surface area contributed by atoms with Crippen molar-refractivity contribution in [3.63, 3.8) is 0 Å². The van der Waals surface area contributed by atoms with Gasteiger partial charge in [0.1, 0.15) is 5.82 Å². The minimum atomic E-state index is 0.0465. The summed E-state index contributed by atoms with van der Waals surface area (Å²) in [4.78, 5) is 15.7. The lowest BCUT2D eigenvalue weighted by molar-refractivity contribution is -0.116. The van der Waals surface area contributed by atoms with Crippen LogP contribution in [0.15, 0.2) is 18.3 Å². The van der Waals surface area contributed by atoms with Crippen LogP contribution < -0.4 is 11.1 Å². The van der Waals surface area contributed by atoms with Gasteiger partial charge in [0.2, 0.25) is 5.91 Å². The van der Waals surface area contributed by atoms with Crippen molar-refractivity contribution in [3.05, 3.63) is 18.3 Å². The molecular formula is C14H21N3O. The second-order valence-electron chi connectivity index (χ2n) is 5.07. The maximum Gasteiger partial charge on any atom is 0.225 e. The maximum atomic E-state index is 11.7. The Morgan fingerprint density at radius 3 is 2.83 bits per heavy atom. The number of pyridine rings is 1. The summed E-state index contributed by atoms with van der Waals surface area (Å²) in [5, 5.41) is 2.79. The molecule has 3 N–H and O–H groups in total. The molecule has 0 unspecified atom stereocenters. The Morgan fingerprint density at radius 1 is 1.39 bits per heavy atom. The van der Waals surface area contributed by atoms with Crippen molar-refractivity contribution >= 4 is 17.4 Å². The quantitative estimate of drug-likeness (QED) is 0.840. The molecule has 1 aliphatic rings. The highest BCUT2D eigenvalue weighted by atomic mass is 16.1. The molecule has 1 aromatic rings. The largest absolute Gasteiger partial charge is 0.397 e. The number of hydrogen-bond acceptors (Lipinski definition) is 3. The van der Waals surface area contributed by atoms with Gasteiger partial charge in [-0.1, -0.05) is 25.7 Å². The van der Waals surface area contributed by atoms with Gasteiger partial charge < -0.3 is 11.1 Å². The molecule has 1 heterocycles. The highest BCUT2D eigenvalue weighted by Gasteiger charge is 2.14. The molecule has 1 amide bonds. The molecule has 18 heavy (non-hydrogen) atoms. The Labute approximate surface area is 108 Å². The lowest BCUT2D eigenvalue weighted by Gasteiger charge is -2.08. The molecule has 0 aromatic carbocycles. The van der Waals surface area contributed by atoms with E-state index in [1.54, 1.807) is 18.3 Å². The summed E-state index contributed by atoms with van der Waals surface area (Å²) in [7, 11) is 0. The highest BCUT2D eigenvalue weighted by Crippen LogP contribution is 2.28. The van der Waals surface area contributed by atoms with Gasteiger partial charge in [-0.25, -0.2) is 4.98 Å². The first kappa shape index (κ1) is 12.9. The highest BCUT2D eigenvalue weighted by molar-refractivity contribution is 5.89. The van der Waals surface area contributed by atoms with Gasteiger partial charge in [0.25, 0.3) is 0 Å². The number of carbonyl (C=O) groups excluding carboxylic acids is 1. The summed E-state index contributed by atoms with van der Waals surface area (Å²) < 4.78 is 0. The van der Waals surface area contributed by atoms with E-state index in [0.29, 0.717) is 17.9 Å². The van der Waals surface area contributed by atoms with Crippen LogP contribution in [-0.4, -0.2) is 10.9 Å². The van der Waals surface area contributed by atoms with Crippen molar-refractivity contribution in [2.45, 2.75) is 44.9 Å². The first-order valence-electron chi connectivity index (χ1n) is 6.75. The SMILES string of the molecule is Nc1ccc(NC(=O)CCCC2CCCC2)nc1. The number of nitrogens with two attached hydrogens (primary N) is 1. The van der Waals surface area contributed by atoms with E-state index in [0.717, 1.165) is 12.3 Å². The van der Waals surface area contributed by atoms with E-state index in [1.807, 2.05) is 0 Å². The Hall–Kier alpha value is -1.58. The van der Waals surface area contributed by atoms with Crippen molar-refractivity contribution in [2.75, 3.05) is 11.1 Å². The average molecular weight is 247 g/mol. The third-order valence-electron chi connectivity index (χ3n) is 3.54. The Balaban J connectivity index is 1.66. The molecule has 4 nitrogen and oxygen atoms in total. The van der Waals surface area contributed by atoms with Gasteiger partial charge in [-0.05, 0) is 30.9 Å². The first-order valence-corrected chi connectivity index (χ1v) is 6.75. The van der Waals surface area contributed by atoms with Crippen molar-refractivity contribution < 1.29 is 4.79 Å². The van der Waals surface area contributed by atoms with E-state index in [4.69, 9.17) is 5.73 Å². The number of aromatic nitrogens is 1. The molecule has 0 spiro atoms. The zero-order chi connectivity index (χ0) is 12.8. The monoisotopic (exact) mass is 247 g/mol. The number of hydrogen-bond donors (Lipinski definition) is 2. The molecular weight excluding hydrogens is 226 g/mol. The molecule has 1 aromatic heterocycles. The normalized spacial score (nSPS) is 15.8. The molecule has 98 valence electrons. The van der Waals surface area contributed by atoms with Crippen LogP contribution in [0.2, 0.25) is 0 Å². The minimum absolute atomic E-state index is 0.0465. The predicted octanol–water partition coefficient (Wildman–Crippen LogP) is 2.96. The smallest absolute Gasteiger partial charge is 0.225 e. The zero-order valence-electron chi connectivity index (χ0n) is 10.7.